The van der Waals surface area contributed by atoms with Crippen molar-refractivity contribution in [2.45, 2.75) is 17.5 Å². The number of rotatable bonds is 8. The van der Waals surface area contributed by atoms with Crippen molar-refractivity contribution in [3.8, 4) is 5.75 Å². The summed E-state index contributed by atoms with van der Waals surface area (Å²) in [6.07, 6.45) is 1.63. The number of anilines is 2. The molecule has 0 saturated heterocycles. The van der Waals surface area contributed by atoms with Crippen molar-refractivity contribution in [3.05, 3.63) is 90.1 Å². The Balaban J connectivity index is 1.61. The fourth-order valence-corrected chi connectivity index (χ4v) is 4.29. The first-order valence-corrected chi connectivity index (χ1v) is 12.2. The summed E-state index contributed by atoms with van der Waals surface area (Å²) in [6.45, 7) is 0.115. The molecular formula is C25H25N5O4S. The van der Waals surface area contributed by atoms with Crippen LogP contribution in [0.4, 0.5) is 11.5 Å². The maximum atomic E-state index is 13.3. The molecule has 0 fully saturated rings. The minimum atomic E-state index is -3.84. The van der Waals surface area contributed by atoms with Crippen molar-refractivity contribution in [3.63, 3.8) is 0 Å². The molecular weight excluding hydrogens is 466 g/mol. The summed E-state index contributed by atoms with van der Waals surface area (Å²) < 4.78 is 28.6. The van der Waals surface area contributed by atoms with Crippen LogP contribution in [0, 0.1) is 0 Å². The topological polar surface area (TPSA) is 149 Å². The number of carbonyl (C=O) groups is 1. The molecule has 9 nitrogen and oxygen atoms in total. The van der Waals surface area contributed by atoms with Crippen LogP contribution in [0.5, 0.6) is 5.75 Å². The van der Waals surface area contributed by atoms with Gasteiger partial charge in [-0.1, -0.05) is 24.3 Å². The number of methoxy groups -OCH3 is 1. The monoisotopic (exact) mass is 491 g/mol. The number of nitrogens with two attached hydrogens (primary N) is 2. The molecule has 180 valence electrons. The van der Waals surface area contributed by atoms with E-state index in [1.807, 2.05) is 30.3 Å². The molecule has 0 aliphatic rings. The second-order valence-electron chi connectivity index (χ2n) is 7.90. The van der Waals surface area contributed by atoms with Gasteiger partial charge in [-0.2, -0.15) is 0 Å². The van der Waals surface area contributed by atoms with E-state index < -0.39 is 16.1 Å². The highest BCUT2D eigenvalue weighted by atomic mass is 32.2. The average Bonchev–Trinajstić information content (AvgIpc) is 2.85. The molecule has 1 amide bonds. The third kappa shape index (κ3) is 5.68. The molecule has 1 unspecified atom stereocenters. The van der Waals surface area contributed by atoms with Crippen molar-refractivity contribution in [2.24, 2.45) is 5.14 Å². The lowest BCUT2D eigenvalue weighted by atomic mass is 10.0. The van der Waals surface area contributed by atoms with Gasteiger partial charge in [0.05, 0.1) is 12.0 Å². The van der Waals surface area contributed by atoms with Gasteiger partial charge in [0.2, 0.25) is 15.9 Å². The van der Waals surface area contributed by atoms with Crippen LogP contribution in [-0.2, 0) is 21.4 Å². The largest absolute Gasteiger partial charge is 0.497 e. The van der Waals surface area contributed by atoms with Gasteiger partial charge >= 0.3 is 0 Å². The van der Waals surface area contributed by atoms with Gasteiger partial charge in [0.25, 0.3) is 0 Å². The van der Waals surface area contributed by atoms with Gasteiger partial charge in [-0.25, -0.2) is 18.5 Å². The summed E-state index contributed by atoms with van der Waals surface area (Å²) in [7, 11) is -2.29. The highest BCUT2D eigenvalue weighted by Gasteiger charge is 2.21. The Bertz CT molecular complexity index is 1490. The van der Waals surface area contributed by atoms with Crippen LogP contribution in [0.3, 0.4) is 0 Å². The minimum absolute atomic E-state index is 0.0170. The smallest absolute Gasteiger partial charge is 0.247 e. The lowest BCUT2D eigenvalue weighted by molar-refractivity contribution is -0.122. The van der Waals surface area contributed by atoms with Crippen LogP contribution in [0.15, 0.2) is 83.9 Å². The van der Waals surface area contributed by atoms with Gasteiger partial charge < -0.3 is 21.1 Å². The number of carbonyl (C=O) groups excluding carboxylic acids is 1. The summed E-state index contributed by atoms with van der Waals surface area (Å²) in [5.74, 6) is 0.728. The molecule has 0 radical (unpaired) electrons. The summed E-state index contributed by atoms with van der Waals surface area (Å²) in [6, 6.07) is 20.0. The molecule has 10 heteroatoms. The van der Waals surface area contributed by atoms with Crippen LogP contribution in [0.1, 0.15) is 17.2 Å². The van der Waals surface area contributed by atoms with Gasteiger partial charge in [0, 0.05) is 23.8 Å². The number of amides is 1. The number of sulfonamides is 1. The molecule has 0 aliphatic carbocycles. The van der Waals surface area contributed by atoms with Gasteiger partial charge in [-0.05, 0) is 65.0 Å². The number of hydrogen-bond acceptors (Lipinski definition) is 7. The first-order valence-electron chi connectivity index (χ1n) is 10.7. The normalized spacial score (nSPS) is 12.2. The van der Waals surface area contributed by atoms with Crippen molar-refractivity contribution >= 4 is 38.2 Å². The fraction of sp³-hybridized carbons (Fsp3) is 0.120. The zero-order chi connectivity index (χ0) is 25.0. The van der Waals surface area contributed by atoms with E-state index in [0.717, 1.165) is 10.8 Å². The van der Waals surface area contributed by atoms with Gasteiger partial charge in [0.15, 0.2) is 0 Å². The number of nitrogens with one attached hydrogen (secondary N) is 2. The molecule has 0 aliphatic heterocycles. The van der Waals surface area contributed by atoms with Crippen LogP contribution < -0.4 is 26.2 Å². The number of nitrogen functional groups attached to an aromatic ring is 1. The maximum Gasteiger partial charge on any atom is 0.247 e. The summed E-state index contributed by atoms with van der Waals surface area (Å²) in [5.41, 5.74) is 7.96. The quantitative estimate of drug-likeness (QED) is 0.296. The van der Waals surface area contributed by atoms with E-state index in [-0.39, 0.29) is 17.3 Å². The molecule has 0 spiro atoms. The van der Waals surface area contributed by atoms with Crippen LogP contribution >= 0.6 is 0 Å². The third-order valence-electron chi connectivity index (χ3n) is 5.49. The van der Waals surface area contributed by atoms with Crippen LogP contribution in [-0.4, -0.2) is 26.4 Å². The van der Waals surface area contributed by atoms with Crippen LogP contribution in [0.25, 0.3) is 10.8 Å². The predicted octanol–water partition coefficient (Wildman–Crippen LogP) is 2.94. The summed E-state index contributed by atoms with van der Waals surface area (Å²) in [5, 5.41) is 13.1. The lowest BCUT2D eigenvalue weighted by Crippen LogP contribution is -2.33. The van der Waals surface area contributed by atoms with Gasteiger partial charge in [-0.3, -0.25) is 4.79 Å². The standard InChI is InChI=1S/C25H25N5O4S/c1-34-20-6-3-5-18(14-20)23(30-19-8-9-22-17(13-19)10-11-28-24(22)26)25(31)29-15-16-4-2-7-21(12-16)35(27,32)33/h2-14,23,30H,15H2,1H3,(H2,26,28)(H,29,31)(H2,27,32,33). The van der Waals surface area contributed by atoms with E-state index in [4.69, 9.17) is 15.6 Å². The minimum Gasteiger partial charge on any atom is -0.497 e. The Morgan fingerprint density at radius 2 is 1.86 bits per heavy atom. The van der Waals surface area contributed by atoms with E-state index >= 15 is 0 Å². The van der Waals surface area contributed by atoms with Crippen LogP contribution in [0.2, 0.25) is 0 Å². The number of ether oxygens (including phenoxy) is 1. The zero-order valence-corrected chi connectivity index (χ0v) is 19.7. The number of aromatic nitrogens is 1. The SMILES string of the molecule is COc1cccc(C(Nc2ccc3c(N)nccc3c2)C(=O)NCc2cccc(S(N)(=O)=O)c2)c1. The molecule has 35 heavy (non-hydrogen) atoms. The van der Waals surface area contributed by atoms with E-state index in [1.54, 1.807) is 43.6 Å². The Labute approximate surface area is 203 Å². The van der Waals surface area contributed by atoms with Gasteiger partial charge in [-0.15, -0.1) is 0 Å². The Kier molecular flexibility index (Phi) is 6.85. The van der Waals surface area contributed by atoms with Crippen molar-refractivity contribution in [2.75, 3.05) is 18.2 Å². The number of nitrogens with zero attached hydrogens (tertiary/aromatic N) is 1. The number of benzene rings is 3. The van der Waals surface area contributed by atoms with E-state index in [9.17, 15) is 13.2 Å². The Morgan fingerprint density at radius 1 is 1.06 bits per heavy atom. The van der Waals surface area contributed by atoms with Crippen molar-refractivity contribution in [1.82, 2.24) is 10.3 Å². The summed E-state index contributed by atoms with van der Waals surface area (Å²) >= 11 is 0. The predicted molar refractivity (Wildman–Crippen MR) is 135 cm³/mol. The van der Waals surface area contributed by atoms with Gasteiger partial charge in [0.1, 0.15) is 17.6 Å². The molecule has 4 aromatic rings. The Morgan fingerprint density at radius 3 is 2.63 bits per heavy atom. The Hall–Kier alpha value is -4.15. The zero-order valence-electron chi connectivity index (χ0n) is 18.9. The first kappa shape index (κ1) is 24.0. The molecule has 0 bridgehead atoms. The molecule has 1 heterocycles. The fourth-order valence-electron chi connectivity index (χ4n) is 3.70. The molecule has 1 atom stereocenters. The number of fused-ring (bicyclic) bond motifs is 1. The van der Waals surface area contributed by atoms with E-state index in [0.29, 0.717) is 28.4 Å². The highest BCUT2D eigenvalue weighted by molar-refractivity contribution is 7.89. The highest BCUT2D eigenvalue weighted by Crippen LogP contribution is 2.27. The average molecular weight is 492 g/mol. The van der Waals surface area contributed by atoms with Crippen molar-refractivity contribution < 1.29 is 17.9 Å². The number of hydrogen-bond donors (Lipinski definition) is 4. The second-order valence-corrected chi connectivity index (χ2v) is 9.46. The first-order chi connectivity index (χ1) is 16.7. The molecule has 6 N–H and O–H groups in total. The molecule has 3 aromatic carbocycles. The molecule has 1 aromatic heterocycles. The second kappa shape index (κ2) is 10.00. The number of primary sulfonamides is 1. The molecule has 0 saturated carbocycles. The maximum absolute atomic E-state index is 13.3. The third-order valence-corrected chi connectivity index (χ3v) is 6.40. The molecule has 4 rings (SSSR count). The lowest BCUT2D eigenvalue weighted by Gasteiger charge is -2.21. The van der Waals surface area contributed by atoms with E-state index in [1.165, 1.54) is 12.1 Å². The summed E-state index contributed by atoms with van der Waals surface area (Å²) in [4.78, 5) is 17.4. The van der Waals surface area contributed by atoms with E-state index in [2.05, 4.69) is 15.6 Å². The number of pyridine rings is 1. The van der Waals surface area contributed by atoms with Crippen molar-refractivity contribution in [1.29, 1.82) is 0 Å².